The average molecular weight is 414 g/mol. The molecule has 0 aliphatic heterocycles. The number of carbonyl (C=O) groups is 1. The van der Waals surface area contributed by atoms with Gasteiger partial charge in [-0.25, -0.2) is 0 Å². The van der Waals surface area contributed by atoms with Gasteiger partial charge in [0.05, 0.1) is 23.6 Å². The van der Waals surface area contributed by atoms with Crippen LogP contribution in [0, 0.1) is 0 Å². The Morgan fingerprint density at radius 2 is 1.97 bits per heavy atom. The van der Waals surface area contributed by atoms with Crippen LogP contribution in [0.25, 0.3) is 11.4 Å². The van der Waals surface area contributed by atoms with E-state index in [0.717, 1.165) is 0 Å². The van der Waals surface area contributed by atoms with Crippen molar-refractivity contribution in [2.24, 2.45) is 7.05 Å². The molecule has 0 fully saturated rings. The molecule has 2 aromatic heterocycles. The fourth-order valence-corrected chi connectivity index (χ4v) is 3.51. The Hall–Kier alpha value is -3.07. The van der Waals surface area contributed by atoms with Crippen molar-refractivity contribution in [3.8, 4) is 17.1 Å². The van der Waals surface area contributed by atoms with Crippen molar-refractivity contribution in [1.29, 1.82) is 0 Å². The zero-order valence-corrected chi connectivity index (χ0v) is 17.4. The van der Waals surface area contributed by atoms with Crippen LogP contribution in [0.3, 0.4) is 0 Å². The van der Waals surface area contributed by atoms with E-state index in [1.807, 2.05) is 38.1 Å². The summed E-state index contributed by atoms with van der Waals surface area (Å²) in [5, 5.41) is 11.7. The van der Waals surface area contributed by atoms with E-state index in [9.17, 15) is 9.59 Å². The van der Waals surface area contributed by atoms with E-state index in [-0.39, 0.29) is 17.2 Å². The third kappa shape index (κ3) is 4.68. The molecule has 0 atom stereocenters. The van der Waals surface area contributed by atoms with E-state index >= 15 is 0 Å². The number of anilines is 1. The number of thioether (sulfide) groups is 1. The van der Waals surface area contributed by atoms with Crippen LogP contribution in [0.15, 0.2) is 52.5 Å². The molecule has 8 nitrogen and oxygen atoms in total. The van der Waals surface area contributed by atoms with Crippen LogP contribution in [-0.4, -0.2) is 37.6 Å². The van der Waals surface area contributed by atoms with E-state index in [2.05, 4.69) is 15.5 Å². The van der Waals surface area contributed by atoms with Crippen LogP contribution < -0.4 is 15.6 Å². The van der Waals surface area contributed by atoms with Gasteiger partial charge in [-0.1, -0.05) is 23.9 Å². The van der Waals surface area contributed by atoms with Crippen LogP contribution in [0.2, 0.25) is 0 Å². The first-order chi connectivity index (χ1) is 14.0. The molecule has 1 N–H and O–H groups in total. The lowest BCUT2D eigenvalue weighted by Crippen LogP contribution is -2.20. The van der Waals surface area contributed by atoms with Gasteiger partial charge in [-0.15, -0.1) is 10.2 Å². The normalized spacial score (nSPS) is 10.7. The minimum absolute atomic E-state index is 0.118. The van der Waals surface area contributed by atoms with Crippen LogP contribution >= 0.6 is 11.8 Å². The molecule has 29 heavy (non-hydrogen) atoms. The van der Waals surface area contributed by atoms with Gasteiger partial charge in [0.2, 0.25) is 5.91 Å². The maximum Gasteiger partial charge on any atom is 0.261 e. The van der Waals surface area contributed by atoms with Gasteiger partial charge in [0.25, 0.3) is 5.56 Å². The summed E-state index contributed by atoms with van der Waals surface area (Å²) in [6.45, 7) is 4.89. The molecule has 1 aromatic carbocycles. The Labute approximate surface area is 172 Å². The second-order valence-electron chi connectivity index (χ2n) is 6.14. The van der Waals surface area contributed by atoms with Crippen molar-refractivity contribution in [3.05, 3.63) is 52.9 Å². The molecule has 9 heteroatoms. The lowest BCUT2D eigenvalue weighted by molar-refractivity contribution is -0.113. The Morgan fingerprint density at radius 3 is 2.72 bits per heavy atom. The summed E-state index contributed by atoms with van der Waals surface area (Å²) in [4.78, 5) is 24.9. The fourth-order valence-electron chi connectivity index (χ4n) is 2.80. The second-order valence-corrected chi connectivity index (χ2v) is 7.09. The number of para-hydroxylation sites is 2. The maximum atomic E-state index is 12.5. The Balaban J connectivity index is 1.70. The predicted molar refractivity (Wildman–Crippen MR) is 113 cm³/mol. The van der Waals surface area contributed by atoms with Gasteiger partial charge in [0.15, 0.2) is 11.0 Å². The summed E-state index contributed by atoms with van der Waals surface area (Å²) in [5.74, 6) is 1.08. The van der Waals surface area contributed by atoms with E-state index in [0.29, 0.717) is 41.1 Å². The monoisotopic (exact) mass is 413 g/mol. The summed E-state index contributed by atoms with van der Waals surface area (Å²) in [7, 11) is 1.78. The van der Waals surface area contributed by atoms with Crippen molar-refractivity contribution in [1.82, 2.24) is 19.3 Å². The lowest BCUT2D eigenvalue weighted by Gasteiger charge is -2.11. The molecular weight excluding hydrogens is 390 g/mol. The van der Waals surface area contributed by atoms with Gasteiger partial charge in [-0.2, -0.15) is 0 Å². The average Bonchev–Trinajstić information content (AvgIpc) is 3.08. The number of aromatic nitrogens is 4. The first kappa shape index (κ1) is 20.7. The van der Waals surface area contributed by atoms with E-state index in [1.54, 1.807) is 34.5 Å². The molecule has 3 rings (SSSR count). The summed E-state index contributed by atoms with van der Waals surface area (Å²) in [5.41, 5.74) is 0.988. The fraction of sp³-hybridized carbons (Fsp3) is 0.300. The highest BCUT2D eigenvalue weighted by Gasteiger charge is 2.16. The topological polar surface area (TPSA) is 91.0 Å². The van der Waals surface area contributed by atoms with Gasteiger partial charge in [0.1, 0.15) is 5.75 Å². The van der Waals surface area contributed by atoms with Crippen molar-refractivity contribution >= 4 is 23.4 Å². The minimum Gasteiger partial charge on any atom is -0.492 e. The molecular formula is C20H23N5O3S. The maximum absolute atomic E-state index is 12.5. The number of nitrogens with one attached hydrogen (secondary N) is 1. The summed E-state index contributed by atoms with van der Waals surface area (Å²) >= 11 is 1.25. The number of pyridine rings is 1. The number of amides is 1. The smallest absolute Gasteiger partial charge is 0.261 e. The quantitative estimate of drug-likeness (QED) is 0.571. The molecule has 0 saturated carbocycles. The molecule has 2 heterocycles. The number of ether oxygens (including phenoxy) is 1. The second kappa shape index (κ2) is 9.42. The standard InChI is InChI=1S/C20H23N5O3S/c1-4-25-12-8-9-14(19(25)27)18-22-23-20(24(18)3)29-13-17(26)21-15-10-6-7-11-16(15)28-5-2/h6-12H,4-5,13H2,1-3H3,(H,21,26). The largest absolute Gasteiger partial charge is 0.492 e. The van der Waals surface area contributed by atoms with Crippen molar-refractivity contribution in [3.63, 3.8) is 0 Å². The number of rotatable bonds is 8. The van der Waals surface area contributed by atoms with Crippen LogP contribution in [0.5, 0.6) is 5.75 Å². The Bertz CT molecular complexity index is 1060. The minimum atomic E-state index is -0.181. The molecule has 0 aliphatic carbocycles. The van der Waals surface area contributed by atoms with E-state index < -0.39 is 0 Å². The third-order valence-electron chi connectivity index (χ3n) is 4.23. The van der Waals surface area contributed by atoms with Crippen LogP contribution in [0.1, 0.15) is 13.8 Å². The zero-order chi connectivity index (χ0) is 20.8. The first-order valence-corrected chi connectivity index (χ1v) is 10.3. The van der Waals surface area contributed by atoms with Gasteiger partial charge < -0.3 is 19.2 Å². The number of hydrogen-bond donors (Lipinski definition) is 1. The molecule has 0 unspecified atom stereocenters. The summed E-state index contributed by atoms with van der Waals surface area (Å²) in [6.07, 6.45) is 1.74. The van der Waals surface area contributed by atoms with Crippen LogP contribution in [0.4, 0.5) is 5.69 Å². The molecule has 0 saturated heterocycles. The molecule has 0 radical (unpaired) electrons. The number of hydrogen-bond acceptors (Lipinski definition) is 6. The zero-order valence-electron chi connectivity index (χ0n) is 16.6. The highest BCUT2D eigenvalue weighted by Crippen LogP contribution is 2.25. The van der Waals surface area contributed by atoms with Crippen molar-refractivity contribution < 1.29 is 9.53 Å². The van der Waals surface area contributed by atoms with Crippen LogP contribution in [-0.2, 0) is 18.4 Å². The Morgan fingerprint density at radius 1 is 1.17 bits per heavy atom. The van der Waals surface area contributed by atoms with Crippen molar-refractivity contribution in [2.45, 2.75) is 25.5 Å². The molecule has 0 spiro atoms. The first-order valence-electron chi connectivity index (χ1n) is 9.28. The number of benzene rings is 1. The van der Waals surface area contributed by atoms with E-state index in [1.165, 1.54) is 11.8 Å². The molecule has 152 valence electrons. The molecule has 0 aliphatic rings. The highest BCUT2D eigenvalue weighted by atomic mass is 32.2. The van der Waals surface area contributed by atoms with Gasteiger partial charge >= 0.3 is 0 Å². The molecule has 1 amide bonds. The van der Waals surface area contributed by atoms with Gasteiger partial charge in [0, 0.05) is 19.8 Å². The van der Waals surface area contributed by atoms with Crippen molar-refractivity contribution in [2.75, 3.05) is 17.7 Å². The summed E-state index contributed by atoms with van der Waals surface area (Å²) in [6, 6.07) is 10.8. The molecule has 3 aromatic rings. The SMILES string of the molecule is CCOc1ccccc1NC(=O)CSc1nnc(-c2cccn(CC)c2=O)n1C. The predicted octanol–water partition coefficient (Wildman–Crippen LogP) is 2.79. The summed E-state index contributed by atoms with van der Waals surface area (Å²) < 4.78 is 8.86. The highest BCUT2D eigenvalue weighted by molar-refractivity contribution is 7.99. The van der Waals surface area contributed by atoms with Gasteiger partial charge in [-0.05, 0) is 38.1 Å². The lowest BCUT2D eigenvalue weighted by atomic mass is 10.2. The van der Waals surface area contributed by atoms with Gasteiger partial charge in [-0.3, -0.25) is 9.59 Å². The number of aryl methyl sites for hydroxylation is 1. The van der Waals surface area contributed by atoms with E-state index in [4.69, 9.17) is 4.74 Å². The Kier molecular flexibility index (Phi) is 6.71. The molecule has 0 bridgehead atoms. The number of nitrogens with zero attached hydrogens (tertiary/aromatic N) is 4. The number of carbonyl (C=O) groups excluding carboxylic acids is 1. The third-order valence-corrected chi connectivity index (χ3v) is 5.25.